The van der Waals surface area contributed by atoms with Crippen LogP contribution in [0, 0.1) is 5.92 Å². The molecule has 1 heterocycles. The maximum absolute atomic E-state index is 12.0. The average molecular weight is 325 g/mol. The summed E-state index contributed by atoms with van der Waals surface area (Å²) in [6.07, 6.45) is 0.819. The molecule has 1 atom stereocenters. The molecular weight excluding hydrogens is 302 g/mol. The largest absolute Gasteiger partial charge is 0.381 e. The lowest BCUT2D eigenvalue weighted by molar-refractivity contribution is -0.125. The second kappa shape index (κ2) is 8.62. The summed E-state index contributed by atoms with van der Waals surface area (Å²) >= 11 is 0. The van der Waals surface area contributed by atoms with Crippen molar-refractivity contribution in [1.82, 2.24) is 5.32 Å². The summed E-state index contributed by atoms with van der Waals surface area (Å²) in [7, 11) is 0. The average Bonchev–Trinajstić information content (AvgIpc) is 3.16. The highest BCUT2D eigenvalue weighted by Crippen LogP contribution is 2.13. The van der Waals surface area contributed by atoms with E-state index in [1.165, 1.54) is 5.56 Å². The number of carbonyl (C=O) groups excluding carboxylic acids is 1. The molecular formula is C20H23NO3. The van der Waals surface area contributed by atoms with E-state index in [-0.39, 0.29) is 11.8 Å². The van der Waals surface area contributed by atoms with Gasteiger partial charge in [0.1, 0.15) is 0 Å². The van der Waals surface area contributed by atoms with E-state index < -0.39 is 0 Å². The molecule has 4 heteroatoms. The molecule has 126 valence electrons. The van der Waals surface area contributed by atoms with Crippen LogP contribution in [0.5, 0.6) is 0 Å². The van der Waals surface area contributed by atoms with Gasteiger partial charge in [-0.05, 0) is 23.1 Å². The first kappa shape index (κ1) is 16.7. The molecule has 1 N–H and O–H groups in total. The Kier molecular flexibility index (Phi) is 5.99. The first-order valence-corrected chi connectivity index (χ1v) is 8.36. The molecule has 0 bridgehead atoms. The minimum Gasteiger partial charge on any atom is -0.381 e. The summed E-state index contributed by atoms with van der Waals surface area (Å²) < 4.78 is 11.0. The molecule has 0 spiro atoms. The Hall–Kier alpha value is -2.17. The van der Waals surface area contributed by atoms with Crippen molar-refractivity contribution in [2.24, 2.45) is 5.92 Å². The lowest BCUT2D eigenvalue weighted by Gasteiger charge is -2.10. The van der Waals surface area contributed by atoms with Crippen LogP contribution in [0.3, 0.4) is 0 Å². The van der Waals surface area contributed by atoms with Crippen molar-refractivity contribution in [2.45, 2.75) is 26.2 Å². The van der Waals surface area contributed by atoms with Gasteiger partial charge >= 0.3 is 0 Å². The van der Waals surface area contributed by atoms with Crippen molar-refractivity contribution in [1.29, 1.82) is 0 Å². The molecule has 2 aromatic rings. The Morgan fingerprint density at radius 2 is 1.79 bits per heavy atom. The first-order chi connectivity index (χ1) is 11.8. The summed E-state index contributed by atoms with van der Waals surface area (Å²) in [5.74, 6) is 0.0839. The highest BCUT2D eigenvalue weighted by molar-refractivity contribution is 5.78. The van der Waals surface area contributed by atoms with Crippen molar-refractivity contribution >= 4 is 5.91 Å². The molecule has 2 aromatic carbocycles. The van der Waals surface area contributed by atoms with Crippen LogP contribution in [0.15, 0.2) is 54.6 Å². The van der Waals surface area contributed by atoms with Crippen molar-refractivity contribution < 1.29 is 14.3 Å². The predicted molar refractivity (Wildman–Crippen MR) is 92.1 cm³/mol. The summed E-state index contributed by atoms with van der Waals surface area (Å²) in [6.45, 7) is 2.93. The molecule has 1 fully saturated rings. The quantitative estimate of drug-likeness (QED) is 0.851. The van der Waals surface area contributed by atoms with Gasteiger partial charge in [-0.3, -0.25) is 4.79 Å². The Balaban J connectivity index is 1.46. The number of benzene rings is 2. The molecule has 1 amide bonds. The highest BCUT2D eigenvalue weighted by Gasteiger charge is 2.22. The summed E-state index contributed by atoms with van der Waals surface area (Å²) in [5.41, 5.74) is 3.37. The van der Waals surface area contributed by atoms with Gasteiger partial charge in [0.05, 0.1) is 25.7 Å². The first-order valence-electron chi connectivity index (χ1n) is 8.36. The lowest BCUT2D eigenvalue weighted by Crippen LogP contribution is -2.30. The van der Waals surface area contributed by atoms with E-state index in [0.29, 0.717) is 33.0 Å². The number of rotatable bonds is 7. The molecule has 3 rings (SSSR count). The van der Waals surface area contributed by atoms with E-state index >= 15 is 0 Å². The van der Waals surface area contributed by atoms with Crippen LogP contribution >= 0.6 is 0 Å². The van der Waals surface area contributed by atoms with Gasteiger partial charge in [-0.2, -0.15) is 0 Å². The molecule has 1 aliphatic rings. The zero-order chi connectivity index (χ0) is 16.6. The Morgan fingerprint density at radius 1 is 1.04 bits per heavy atom. The van der Waals surface area contributed by atoms with Crippen LogP contribution in [0.25, 0.3) is 0 Å². The maximum atomic E-state index is 12.0. The SMILES string of the molecule is O=C(NCc1cccc(COCc2ccccc2)c1)C1CCOC1. The number of hydrogen-bond acceptors (Lipinski definition) is 3. The fraction of sp³-hybridized carbons (Fsp3) is 0.350. The molecule has 0 radical (unpaired) electrons. The van der Waals surface area contributed by atoms with Gasteiger partial charge in [-0.1, -0.05) is 54.6 Å². The predicted octanol–water partition coefficient (Wildman–Crippen LogP) is 3.06. The standard InChI is InChI=1S/C20H23NO3/c22-20(19-9-10-23-15-19)21-12-17-7-4-8-18(11-17)14-24-13-16-5-2-1-3-6-16/h1-8,11,19H,9-10,12-15H2,(H,21,22). The molecule has 1 unspecified atom stereocenters. The third-order valence-corrected chi connectivity index (χ3v) is 4.14. The van der Waals surface area contributed by atoms with Crippen LogP contribution < -0.4 is 5.32 Å². The van der Waals surface area contributed by atoms with Crippen LogP contribution in [0.4, 0.5) is 0 Å². The number of nitrogens with one attached hydrogen (secondary N) is 1. The van der Waals surface area contributed by atoms with Crippen molar-refractivity contribution in [3.63, 3.8) is 0 Å². The van der Waals surface area contributed by atoms with Gasteiger partial charge in [0.15, 0.2) is 0 Å². The lowest BCUT2D eigenvalue weighted by atomic mass is 10.1. The van der Waals surface area contributed by atoms with Gasteiger partial charge in [-0.25, -0.2) is 0 Å². The Morgan fingerprint density at radius 3 is 2.58 bits per heavy atom. The Bertz CT molecular complexity index is 651. The monoisotopic (exact) mass is 325 g/mol. The molecule has 1 aliphatic heterocycles. The topological polar surface area (TPSA) is 47.6 Å². The number of ether oxygens (including phenoxy) is 2. The van der Waals surface area contributed by atoms with E-state index in [1.54, 1.807) is 0 Å². The molecule has 0 saturated carbocycles. The minimum absolute atomic E-state index is 0.00221. The second-order valence-corrected chi connectivity index (χ2v) is 6.08. The van der Waals surface area contributed by atoms with E-state index in [1.807, 2.05) is 36.4 Å². The van der Waals surface area contributed by atoms with Crippen LogP contribution in [0.2, 0.25) is 0 Å². The number of amides is 1. The van der Waals surface area contributed by atoms with Gasteiger partial charge in [-0.15, -0.1) is 0 Å². The number of carbonyl (C=O) groups is 1. The molecule has 24 heavy (non-hydrogen) atoms. The molecule has 0 aliphatic carbocycles. The fourth-order valence-corrected chi connectivity index (χ4v) is 2.77. The number of hydrogen-bond donors (Lipinski definition) is 1. The van der Waals surface area contributed by atoms with Crippen molar-refractivity contribution in [3.05, 3.63) is 71.3 Å². The summed E-state index contributed by atoms with van der Waals surface area (Å²) in [6, 6.07) is 18.3. The maximum Gasteiger partial charge on any atom is 0.225 e. The van der Waals surface area contributed by atoms with E-state index in [2.05, 4.69) is 23.5 Å². The van der Waals surface area contributed by atoms with Crippen LogP contribution in [-0.2, 0) is 34.0 Å². The van der Waals surface area contributed by atoms with Gasteiger partial charge in [0, 0.05) is 13.2 Å². The van der Waals surface area contributed by atoms with E-state index in [4.69, 9.17) is 9.47 Å². The van der Waals surface area contributed by atoms with Crippen LogP contribution in [0.1, 0.15) is 23.1 Å². The van der Waals surface area contributed by atoms with Gasteiger partial charge in [0.25, 0.3) is 0 Å². The summed E-state index contributed by atoms with van der Waals surface area (Å²) in [5, 5.41) is 2.99. The van der Waals surface area contributed by atoms with Crippen molar-refractivity contribution in [2.75, 3.05) is 13.2 Å². The molecule has 1 saturated heterocycles. The summed E-state index contributed by atoms with van der Waals surface area (Å²) in [4.78, 5) is 12.0. The fourth-order valence-electron chi connectivity index (χ4n) is 2.77. The van der Waals surface area contributed by atoms with Crippen molar-refractivity contribution in [3.8, 4) is 0 Å². The zero-order valence-electron chi connectivity index (χ0n) is 13.7. The molecule has 4 nitrogen and oxygen atoms in total. The Labute approximate surface area is 142 Å². The van der Waals surface area contributed by atoms with E-state index in [9.17, 15) is 4.79 Å². The van der Waals surface area contributed by atoms with Crippen LogP contribution in [-0.4, -0.2) is 19.1 Å². The smallest absolute Gasteiger partial charge is 0.225 e. The zero-order valence-corrected chi connectivity index (χ0v) is 13.7. The third kappa shape index (κ3) is 4.91. The van der Waals surface area contributed by atoms with Gasteiger partial charge in [0.2, 0.25) is 5.91 Å². The highest BCUT2D eigenvalue weighted by atomic mass is 16.5. The normalized spacial score (nSPS) is 16.9. The molecule has 0 aromatic heterocycles. The second-order valence-electron chi connectivity index (χ2n) is 6.08. The third-order valence-electron chi connectivity index (χ3n) is 4.14. The van der Waals surface area contributed by atoms with E-state index in [0.717, 1.165) is 17.5 Å². The van der Waals surface area contributed by atoms with Gasteiger partial charge < -0.3 is 14.8 Å². The minimum atomic E-state index is 0.00221.